The Hall–Kier alpha value is -0.0800. The van der Waals surface area contributed by atoms with Crippen LogP contribution in [0, 0.1) is 11.8 Å². The second-order valence-corrected chi connectivity index (χ2v) is 5.95. The minimum atomic E-state index is 0.743. The molecule has 3 atom stereocenters. The van der Waals surface area contributed by atoms with Crippen molar-refractivity contribution < 1.29 is 0 Å². The number of nitrogens with zero attached hydrogens (tertiary/aromatic N) is 1. The van der Waals surface area contributed by atoms with Gasteiger partial charge < -0.3 is 10.2 Å². The molecule has 0 aromatic carbocycles. The lowest BCUT2D eigenvalue weighted by atomic mass is 9.93. The molecule has 0 aliphatic carbocycles. The van der Waals surface area contributed by atoms with Gasteiger partial charge in [0.1, 0.15) is 0 Å². The third-order valence-electron chi connectivity index (χ3n) is 4.32. The molecule has 0 aromatic heterocycles. The Labute approximate surface area is 101 Å². The van der Waals surface area contributed by atoms with E-state index in [2.05, 4.69) is 24.1 Å². The van der Waals surface area contributed by atoms with Gasteiger partial charge in [-0.05, 0) is 57.5 Å². The van der Waals surface area contributed by atoms with Gasteiger partial charge in [0.2, 0.25) is 0 Å². The molecule has 0 radical (unpaired) electrons. The molecular formula is C14H28N2. The smallest absolute Gasteiger partial charge is 0.00418 e. The van der Waals surface area contributed by atoms with Crippen LogP contribution in [-0.4, -0.2) is 37.1 Å². The first-order chi connectivity index (χ1) is 7.78. The average Bonchev–Trinajstić information content (AvgIpc) is 2.66. The van der Waals surface area contributed by atoms with Crippen molar-refractivity contribution in [3.8, 4) is 0 Å². The first-order valence-electron chi connectivity index (χ1n) is 7.23. The first kappa shape index (κ1) is 12.4. The Balaban J connectivity index is 1.70. The lowest BCUT2D eigenvalue weighted by Crippen LogP contribution is -2.40. The monoisotopic (exact) mass is 224 g/mol. The fourth-order valence-electron chi connectivity index (χ4n) is 3.49. The molecule has 2 aliphatic rings. The molecule has 16 heavy (non-hydrogen) atoms. The lowest BCUT2D eigenvalue weighted by Gasteiger charge is -2.31. The molecule has 2 rings (SSSR count). The van der Waals surface area contributed by atoms with Crippen LogP contribution in [0.1, 0.15) is 46.0 Å². The highest BCUT2D eigenvalue weighted by molar-refractivity contribution is 4.81. The molecule has 2 heteroatoms. The highest BCUT2D eigenvalue weighted by Crippen LogP contribution is 2.24. The van der Waals surface area contributed by atoms with Gasteiger partial charge >= 0.3 is 0 Å². The summed E-state index contributed by atoms with van der Waals surface area (Å²) < 4.78 is 0. The van der Waals surface area contributed by atoms with Gasteiger partial charge in [0, 0.05) is 19.1 Å². The number of hydrogen-bond acceptors (Lipinski definition) is 2. The van der Waals surface area contributed by atoms with Crippen LogP contribution in [-0.2, 0) is 0 Å². The molecule has 0 spiro atoms. The lowest BCUT2D eigenvalue weighted by molar-refractivity contribution is 0.214. The van der Waals surface area contributed by atoms with Gasteiger partial charge in [0.05, 0.1) is 0 Å². The summed E-state index contributed by atoms with van der Waals surface area (Å²) in [5, 5.41) is 3.55. The molecule has 0 amide bonds. The average molecular weight is 224 g/mol. The Morgan fingerprint density at radius 1 is 1.25 bits per heavy atom. The Morgan fingerprint density at radius 3 is 2.88 bits per heavy atom. The zero-order chi connectivity index (χ0) is 11.4. The minimum absolute atomic E-state index is 0.743. The summed E-state index contributed by atoms with van der Waals surface area (Å²) in [5.41, 5.74) is 0. The van der Waals surface area contributed by atoms with Crippen molar-refractivity contribution in [1.82, 2.24) is 10.2 Å². The summed E-state index contributed by atoms with van der Waals surface area (Å²) in [4.78, 5) is 2.73. The summed E-state index contributed by atoms with van der Waals surface area (Å²) in [6.45, 7) is 9.99. The van der Waals surface area contributed by atoms with Crippen LogP contribution >= 0.6 is 0 Å². The summed E-state index contributed by atoms with van der Waals surface area (Å²) in [6.07, 6.45) is 7.03. The van der Waals surface area contributed by atoms with Crippen molar-refractivity contribution in [2.24, 2.45) is 11.8 Å². The van der Waals surface area contributed by atoms with Crippen LogP contribution in [0.25, 0.3) is 0 Å². The van der Waals surface area contributed by atoms with Gasteiger partial charge in [0.25, 0.3) is 0 Å². The first-order valence-corrected chi connectivity index (χ1v) is 7.23. The van der Waals surface area contributed by atoms with Crippen LogP contribution in [0.15, 0.2) is 0 Å². The number of piperidine rings is 1. The van der Waals surface area contributed by atoms with Gasteiger partial charge in [-0.15, -0.1) is 0 Å². The van der Waals surface area contributed by atoms with E-state index in [1.54, 1.807) is 0 Å². The van der Waals surface area contributed by atoms with Crippen LogP contribution < -0.4 is 5.32 Å². The SMILES string of the molecule is CCCC1CCN(CC2CCNC(C)C2)C1. The number of nitrogens with one attached hydrogen (secondary N) is 1. The molecule has 2 fully saturated rings. The van der Waals surface area contributed by atoms with Crippen molar-refractivity contribution in [3.05, 3.63) is 0 Å². The van der Waals surface area contributed by atoms with Crippen molar-refractivity contribution in [2.45, 2.75) is 52.0 Å². The van der Waals surface area contributed by atoms with Crippen LogP contribution in [0.4, 0.5) is 0 Å². The zero-order valence-electron chi connectivity index (χ0n) is 11.0. The molecule has 1 N–H and O–H groups in total. The fourth-order valence-corrected chi connectivity index (χ4v) is 3.49. The van der Waals surface area contributed by atoms with Gasteiger partial charge in [-0.3, -0.25) is 0 Å². The van der Waals surface area contributed by atoms with E-state index in [4.69, 9.17) is 0 Å². The van der Waals surface area contributed by atoms with Crippen molar-refractivity contribution in [2.75, 3.05) is 26.2 Å². The summed E-state index contributed by atoms with van der Waals surface area (Å²) in [6, 6.07) is 0.743. The Kier molecular flexibility index (Phi) is 4.66. The molecule has 0 saturated carbocycles. The normalized spacial score (nSPS) is 36.8. The highest BCUT2D eigenvalue weighted by atomic mass is 15.1. The van der Waals surface area contributed by atoms with Crippen LogP contribution in [0.3, 0.4) is 0 Å². The van der Waals surface area contributed by atoms with Gasteiger partial charge in [-0.2, -0.15) is 0 Å². The molecule has 0 bridgehead atoms. The number of likely N-dealkylation sites (tertiary alicyclic amines) is 1. The van der Waals surface area contributed by atoms with E-state index in [1.165, 1.54) is 58.3 Å². The van der Waals surface area contributed by atoms with Gasteiger partial charge in [0.15, 0.2) is 0 Å². The quantitative estimate of drug-likeness (QED) is 0.789. The predicted molar refractivity (Wildman–Crippen MR) is 69.6 cm³/mol. The second kappa shape index (κ2) is 6.02. The topological polar surface area (TPSA) is 15.3 Å². The van der Waals surface area contributed by atoms with Crippen molar-refractivity contribution in [3.63, 3.8) is 0 Å². The predicted octanol–water partition coefficient (Wildman–Crippen LogP) is 2.50. The maximum atomic E-state index is 3.55. The molecule has 94 valence electrons. The van der Waals surface area contributed by atoms with E-state index in [0.29, 0.717) is 0 Å². The standard InChI is InChI=1S/C14H28N2/c1-3-4-13-6-8-16(10-13)11-14-5-7-15-12(2)9-14/h12-15H,3-11H2,1-2H3. The third-order valence-corrected chi connectivity index (χ3v) is 4.32. The molecular weight excluding hydrogens is 196 g/mol. The van der Waals surface area contributed by atoms with Crippen LogP contribution in [0.2, 0.25) is 0 Å². The number of rotatable bonds is 4. The zero-order valence-corrected chi connectivity index (χ0v) is 11.0. The molecule has 0 aromatic rings. The van der Waals surface area contributed by atoms with E-state index in [0.717, 1.165) is 17.9 Å². The second-order valence-electron chi connectivity index (χ2n) is 5.95. The summed E-state index contributed by atoms with van der Waals surface area (Å²) in [7, 11) is 0. The highest BCUT2D eigenvalue weighted by Gasteiger charge is 2.26. The van der Waals surface area contributed by atoms with E-state index >= 15 is 0 Å². The fraction of sp³-hybridized carbons (Fsp3) is 1.00. The molecule has 2 aliphatic heterocycles. The minimum Gasteiger partial charge on any atom is -0.314 e. The van der Waals surface area contributed by atoms with Gasteiger partial charge in [-0.1, -0.05) is 13.3 Å². The molecule has 3 unspecified atom stereocenters. The van der Waals surface area contributed by atoms with Gasteiger partial charge in [-0.25, -0.2) is 0 Å². The van der Waals surface area contributed by atoms with E-state index in [9.17, 15) is 0 Å². The number of hydrogen-bond donors (Lipinski definition) is 1. The van der Waals surface area contributed by atoms with Crippen molar-refractivity contribution >= 4 is 0 Å². The van der Waals surface area contributed by atoms with E-state index in [1.807, 2.05) is 0 Å². The van der Waals surface area contributed by atoms with Crippen LogP contribution in [0.5, 0.6) is 0 Å². The van der Waals surface area contributed by atoms with E-state index in [-0.39, 0.29) is 0 Å². The van der Waals surface area contributed by atoms with Crippen molar-refractivity contribution in [1.29, 1.82) is 0 Å². The van der Waals surface area contributed by atoms with E-state index < -0.39 is 0 Å². The maximum absolute atomic E-state index is 3.55. The largest absolute Gasteiger partial charge is 0.314 e. The Bertz CT molecular complexity index is 205. The molecule has 2 heterocycles. The summed E-state index contributed by atoms with van der Waals surface area (Å²) >= 11 is 0. The molecule has 2 nitrogen and oxygen atoms in total. The Morgan fingerprint density at radius 2 is 2.12 bits per heavy atom. The third kappa shape index (κ3) is 3.46. The summed E-state index contributed by atoms with van der Waals surface area (Å²) in [5.74, 6) is 1.96. The molecule has 2 saturated heterocycles. The maximum Gasteiger partial charge on any atom is 0.00418 e.